The lowest BCUT2D eigenvalue weighted by atomic mass is 10.2. The van der Waals surface area contributed by atoms with E-state index in [0.29, 0.717) is 31.0 Å². The van der Waals surface area contributed by atoms with Crippen molar-refractivity contribution in [1.82, 2.24) is 15.6 Å². The zero-order chi connectivity index (χ0) is 14.4. The topological polar surface area (TPSA) is 83.1 Å². The number of anilines is 1. The average Bonchev–Trinajstić information content (AvgIpc) is 3.28. The second kappa shape index (κ2) is 6.88. The molecule has 1 aliphatic carbocycles. The normalized spacial score (nSPS) is 13.7. The van der Waals surface area contributed by atoms with E-state index >= 15 is 0 Å². The summed E-state index contributed by atoms with van der Waals surface area (Å²) in [5.41, 5.74) is 0.517. The highest BCUT2D eigenvalue weighted by Crippen LogP contribution is 2.28. The van der Waals surface area contributed by atoms with Gasteiger partial charge in [-0.1, -0.05) is 0 Å². The summed E-state index contributed by atoms with van der Waals surface area (Å²) in [4.78, 5) is 27.6. The van der Waals surface area contributed by atoms with Gasteiger partial charge in [0.15, 0.2) is 0 Å². The van der Waals surface area contributed by atoms with Gasteiger partial charge in [0.1, 0.15) is 5.82 Å². The van der Waals surface area contributed by atoms with Gasteiger partial charge in [-0.25, -0.2) is 4.98 Å². The van der Waals surface area contributed by atoms with Gasteiger partial charge in [-0.15, -0.1) is 0 Å². The van der Waals surface area contributed by atoms with Gasteiger partial charge < -0.3 is 16.0 Å². The van der Waals surface area contributed by atoms with Crippen molar-refractivity contribution in [2.24, 2.45) is 5.92 Å². The number of nitrogens with one attached hydrogen (secondary N) is 3. The van der Waals surface area contributed by atoms with Gasteiger partial charge in [0.05, 0.1) is 5.56 Å². The lowest BCUT2D eigenvalue weighted by Gasteiger charge is -2.10. The molecule has 0 atom stereocenters. The average molecular weight is 276 g/mol. The summed E-state index contributed by atoms with van der Waals surface area (Å²) < 4.78 is 0. The predicted molar refractivity (Wildman–Crippen MR) is 76.5 cm³/mol. The van der Waals surface area contributed by atoms with Gasteiger partial charge in [0.2, 0.25) is 5.91 Å². The van der Waals surface area contributed by atoms with Gasteiger partial charge in [-0.2, -0.15) is 0 Å². The number of hydrogen-bond acceptors (Lipinski definition) is 4. The third-order valence-electron chi connectivity index (χ3n) is 3.05. The zero-order valence-electron chi connectivity index (χ0n) is 11.6. The van der Waals surface area contributed by atoms with Gasteiger partial charge in [0, 0.05) is 31.7 Å². The molecule has 1 heterocycles. The van der Waals surface area contributed by atoms with E-state index < -0.39 is 0 Å². The van der Waals surface area contributed by atoms with Crippen LogP contribution in [0.25, 0.3) is 0 Å². The molecule has 2 amide bonds. The lowest BCUT2D eigenvalue weighted by Crippen LogP contribution is -2.35. The van der Waals surface area contributed by atoms with E-state index in [2.05, 4.69) is 20.9 Å². The van der Waals surface area contributed by atoms with Crippen molar-refractivity contribution in [2.75, 3.05) is 25.0 Å². The molecule has 1 aliphatic rings. The Morgan fingerprint density at radius 2 is 2.05 bits per heavy atom. The molecule has 3 N–H and O–H groups in total. The molecule has 0 radical (unpaired) electrons. The number of pyridine rings is 1. The summed E-state index contributed by atoms with van der Waals surface area (Å²) in [6, 6.07) is 3.45. The summed E-state index contributed by atoms with van der Waals surface area (Å²) in [5, 5.41) is 8.63. The molecule has 0 saturated heterocycles. The first-order chi connectivity index (χ1) is 9.72. The molecule has 2 rings (SSSR count). The van der Waals surface area contributed by atoms with Crippen LogP contribution in [-0.4, -0.2) is 36.4 Å². The molecule has 0 unspecified atom stereocenters. The van der Waals surface area contributed by atoms with E-state index in [1.54, 1.807) is 18.3 Å². The van der Waals surface area contributed by atoms with Crippen LogP contribution in [-0.2, 0) is 4.79 Å². The largest absolute Gasteiger partial charge is 0.370 e. The van der Waals surface area contributed by atoms with Gasteiger partial charge >= 0.3 is 0 Å². The highest BCUT2D eigenvalue weighted by atomic mass is 16.2. The van der Waals surface area contributed by atoms with Crippen molar-refractivity contribution in [1.29, 1.82) is 0 Å². The summed E-state index contributed by atoms with van der Waals surface area (Å²) in [6.45, 7) is 3.52. The SMILES string of the molecule is CCNc1ncccc1C(=O)NCCNC(=O)C1CC1. The van der Waals surface area contributed by atoms with Crippen LogP contribution in [0.2, 0.25) is 0 Å². The molecule has 0 aromatic carbocycles. The molecular weight excluding hydrogens is 256 g/mol. The Hall–Kier alpha value is -2.11. The first kappa shape index (κ1) is 14.3. The van der Waals surface area contributed by atoms with Crippen LogP contribution in [0.5, 0.6) is 0 Å². The Labute approximate surface area is 118 Å². The molecule has 0 bridgehead atoms. The van der Waals surface area contributed by atoms with Crippen LogP contribution in [0.3, 0.4) is 0 Å². The fraction of sp³-hybridized carbons (Fsp3) is 0.500. The molecule has 6 nitrogen and oxygen atoms in total. The summed E-state index contributed by atoms with van der Waals surface area (Å²) >= 11 is 0. The van der Waals surface area contributed by atoms with Crippen LogP contribution in [0.15, 0.2) is 18.3 Å². The van der Waals surface area contributed by atoms with E-state index in [1.807, 2.05) is 6.92 Å². The molecule has 1 fully saturated rings. The molecule has 108 valence electrons. The first-order valence-electron chi connectivity index (χ1n) is 6.97. The molecule has 1 aromatic rings. The van der Waals surface area contributed by atoms with Crippen LogP contribution in [0.4, 0.5) is 5.82 Å². The van der Waals surface area contributed by atoms with Crippen molar-refractivity contribution in [3.63, 3.8) is 0 Å². The smallest absolute Gasteiger partial charge is 0.255 e. The molecular formula is C14H20N4O2. The molecule has 1 aromatic heterocycles. The fourth-order valence-corrected chi connectivity index (χ4v) is 1.84. The van der Waals surface area contributed by atoms with E-state index in [-0.39, 0.29) is 17.7 Å². The second-order valence-corrected chi connectivity index (χ2v) is 4.75. The number of aromatic nitrogens is 1. The van der Waals surface area contributed by atoms with Crippen LogP contribution >= 0.6 is 0 Å². The summed E-state index contributed by atoms with van der Waals surface area (Å²) in [5.74, 6) is 0.683. The monoisotopic (exact) mass is 276 g/mol. The van der Waals surface area contributed by atoms with E-state index in [4.69, 9.17) is 0 Å². The van der Waals surface area contributed by atoms with Crippen LogP contribution < -0.4 is 16.0 Å². The molecule has 1 saturated carbocycles. The number of carbonyl (C=O) groups is 2. The Morgan fingerprint density at radius 1 is 1.30 bits per heavy atom. The van der Waals surface area contributed by atoms with Gasteiger partial charge in [0.25, 0.3) is 5.91 Å². The third kappa shape index (κ3) is 3.94. The molecule has 20 heavy (non-hydrogen) atoms. The van der Waals surface area contributed by atoms with Crippen LogP contribution in [0, 0.1) is 5.92 Å². The number of rotatable bonds is 7. The number of hydrogen-bond donors (Lipinski definition) is 3. The highest BCUT2D eigenvalue weighted by Gasteiger charge is 2.29. The van der Waals surface area contributed by atoms with Crippen molar-refractivity contribution >= 4 is 17.6 Å². The summed E-state index contributed by atoms with van der Waals surface area (Å²) in [6.07, 6.45) is 3.62. The number of carbonyl (C=O) groups excluding carboxylic acids is 2. The zero-order valence-corrected chi connectivity index (χ0v) is 11.6. The van der Waals surface area contributed by atoms with Gasteiger partial charge in [-0.05, 0) is 31.9 Å². The molecule has 0 spiro atoms. The molecule has 6 heteroatoms. The van der Waals surface area contributed by atoms with Crippen LogP contribution in [0.1, 0.15) is 30.1 Å². The second-order valence-electron chi connectivity index (χ2n) is 4.75. The first-order valence-corrected chi connectivity index (χ1v) is 6.97. The summed E-state index contributed by atoms with van der Waals surface area (Å²) in [7, 11) is 0. The van der Waals surface area contributed by atoms with E-state index in [9.17, 15) is 9.59 Å². The minimum Gasteiger partial charge on any atom is -0.370 e. The maximum atomic E-state index is 12.0. The Bertz CT molecular complexity index is 486. The maximum Gasteiger partial charge on any atom is 0.255 e. The number of amides is 2. The lowest BCUT2D eigenvalue weighted by molar-refractivity contribution is -0.122. The Balaban J connectivity index is 1.77. The fourth-order valence-electron chi connectivity index (χ4n) is 1.84. The van der Waals surface area contributed by atoms with Crippen molar-refractivity contribution in [2.45, 2.75) is 19.8 Å². The van der Waals surface area contributed by atoms with Crippen molar-refractivity contribution < 1.29 is 9.59 Å². The van der Waals surface area contributed by atoms with E-state index in [1.165, 1.54) is 0 Å². The standard InChI is InChI=1S/C14H20N4O2/c1-2-15-12-11(4-3-7-16-12)14(20)18-9-8-17-13(19)10-5-6-10/h3-4,7,10H,2,5-6,8-9H2,1H3,(H,15,16)(H,17,19)(H,18,20). The minimum atomic E-state index is -0.185. The highest BCUT2D eigenvalue weighted by molar-refractivity contribution is 5.98. The Kier molecular flexibility index (Phi) is 4.92. The maximum absolute atomic E-state index is 12.0. The van der Waals surface area contributed by atoms with Crippen molar-refractivity contribution in [3.05, 3.63) is 23.9 Å². The minimum absolute atomic E-state index is 0.0916. The Morgan fingerprint density at radius 3 is 2.75 bits per heavy atom. The predicted octanol–water partition coefficient (Wildman–Crippen LogP) is 0.769. The molecule has 0 aliphatic heterocycles. The van der Waals surface area contributed by atoms with Gasteiger partial charge in [-0.3, -0.25) is 9.59 Å². The van der Waals surface area contributed by atoms with E-state index in [0.717, 1.165) is 12.8 Å². The number of nitrogens with zero attached hydrogens (tertiary/aromatic N) is 1. The third-order valence-corrected chi connectivity index (χ3v) is 3.05. The van der Waals surface area contributed by atoms with Crippen molar-refractivity contribution in [3.8, 4) is 0 Å². The quantitative estimate of drug-likeness (QED) is 0.642.